The van der Waals surface area contributed by atoms with Gasteiger partial charge in [-0.05, 0) is 27.7 Å². The fourth-order valence-corrected chi connectivity index (χ4v) is 1.29. The van der Waals surface area contributed by atoms with Crippen LogP contribution < -0.4 is 0 Å². The molecule has 4 nitrogen and oxygen atoms in total. The highest BCUT2D eigenvalue weighted by molar-refractivity contribution is 5.75. The maximum atomic E-state index is 10.9. The standard InChI is InChI=1S/C9H14N2O2/c1-6-5-11(7(2)10-6)9(3,4)8(12)13/h5H,1-4H3,(H,12,13). The van der Waals surface area contributed by atoms with Crippen LogP contribution in [0.1, 0.15) is 25.4 Å². The number of aryl methyl sites for hydroxylation is 2. The van der Waals surface area contributed by atoms with Crippen LogP contribution in [0.25, 0.3) is 0 Å². The van der Waals surface area contributed by atoms with E-state index >= 15 is 0 Å². The van der Waals surface area contributed by atoms with Crippen LogP contribution in [-0.2, 0) is 10.3 Å². The first-order valence-electron chi connectivity index (χ1n) is 4.12. The lowest BCUT2D eigenvalue weighted by atomic mass is 10.1. The van der Waals surface area contributed by atoms with Gasteiger partial charge in [0.15, 0.2) is 0 Å². The first-order chi connectivity index (χ1) is 5.85. The van der Waals surface area contributed by atoms with Gasteiger partial charge in [-0.15, -0.1) is 0 Å². The number of nitrogens with zero attached hydrogens (tertiary/aromatic N) is 2. The van der Waals surface area contributed by atoms with Gasteiger partial charge in [-0.25, -0.2) is 9.78 Å². The number of carboxylic acids is 1. The Morgan fingerprint density at radius 3 is 2.38 bits per heavy atom. The Bertz CT molecular complexity index is 339. The molecule has 1 heterocycles. The first-order valence-corrected chi connectivity index (χ1v) is 4.12. The molecule has 0 aliphatic rings. The highest BCUT2D eigenvalue weighted by atomic mass is 16.4. The molecular weight excluding hydrogens is 168 g/mol. The Labute approximate surface area is 77.2 Å². The molecule has 0 aliphatic carbocycles. The Morgan fingerprint density at radius 2 is 2.08 bits per heavy atom. The smallest absolute Gasteiger partial charge is 0.329 e. The van der Waals surface area contributed by atoms with Crippen molar-refractivity contribution in [1.82, 2.24) is 9.55 Å². The zero-order chi connectivity index (χ0) is 10.2. The van der Waals surface area contributed by atoms with Crippen LogP contribution in [0, 0.1) is 13.8 Å². The van der Waals surface area contributed by atoms with E-state index in [-0.39, 0.29) is 0 Å². The SMILES string of the molecule is Cc1cn(C(C)(C)C(=O)O)c(C)n1. The van der Waals surface area contributed by atoms with Gasteiger partial charge < -0.3 is 9.67 Å². The summed E-state index contributed by atoms with van der Waals surface area (Å²) in [5.74, 6) is -0.127. The molecule has 0 amide bonds. The van der Waals surface area contributed by atoms with E-state index in [1.165, 1.54) is 0 Å². The van der Waals surface area contributed by atoms with Gasteiger partial charge in [0.1, 0.15) is 11.4 Å². The average molecular weight is 182 g/mol. The first kappa shape index (κ1) is 9.77. The van der Waals surface area contributed by atoms with Gasteiger partial charge in [0, 0.05) is 6.20 Å². The molecule has 0 unspecified atom stereocenters. The van der Waals surface area contributed by atoms with Gasteiger partial charge in [0.05, 0.1) is 5.69 Å². The summed E-state index contributed by atoms with van der Waals surface area (Å²) in [5.41, 5.74) is -0.0856. The minimum absolute atomic E-state index is 0.727. The fraction of sp³-hybridized carbons (Fsp3) is 0.556. The third kappa shape index (κ3) is 1.56. The van der Waals surface area contributed by atoms with Gasteiger partial charge in [-0.3, -0.25) is 0 Å². The number of aliphatic carboxylic acids is 1. The minimum Gasteiger partial charge on any atom is -0.480 e. The number of aromatic nitrogens is 2. The van der Waals surface area contributed by atoms with Crippen molar-refractivity contribution in [3.05, 3.63) is 17.7 Å². The second kappa shape index (κ2) is 2.87. The summed E-state index contributed by atoms with van der Waals surface area (Å²) in [6.45, 7) is 6.96. The quantitative estimate of drug-likeness (QED) is 0.750. The van der Waals surface area contributed by atoms with Crippen LogP contribution in [0.5, 0.6) is 0 Å². The summed E-state index contributed by atoms with van der Waals surface area (Å²) in [6.07, 6.45) is 1.75. The maximum Gasteiger partial charge on any atom is 0.329 e. The van der Waals surface area contributed by atoms with Crippen molar-refractivity contribution in [1.29, 1.82) is 0 Å². The lowest BCUT2D eigenvalue weighted by molar-refractivity contribution is -0.145. The number of rotatable bonds is 2. The minimum atomic E-state index is -0.925. The summed E-state index contributed by atoms with van der Waals surface area (Å²) >= 11 is 0. The predicted octanol–water partition coefficient (Wildman–Crippen LogP) is 1.32. The zero-order valence-corrected chi connectivity index (χ0v) is 8.33. The summed E-state index contributed by atoms with van der Waals surface area (Å²) in [7, 11) is 0. The van der Waals surface area contributed by atoms with Crippen LogP contribution >= 0.6 is 0 Å². The lowest BCUT2D eigenvalue weighted by Crippen LogP contribution is -2.35. The Hall–Kier alpha value is -1.32. The highest BCUT2D eigenvalue weighted by Crippen LogP contribution is 2.18. The second-order valence-electron chi connectivity index (χ2n) is 3.66. The van der Waals surface area contributed by atoms with E-state index < -0.39 is 11.5 Å². The number of carboxylic acid groups (broad SMARTS) is 1. The van der Waals surface area contributed by atoms with Gasteiger partial charge in [0.25, 0.3) is 0 Å². The maximum absolute atomic E-state index is 10.9. The highest BCUT2D eigenvalue weighted by Gasteiger charge is 2.30. The van der Waals surface area contributed by atoms with Crippen LogP contribution in [-0.4, -0.2) is 20.6 Å². The van der Waals surface area contributed by atoms with Crippen LogP contribution in [0.4, 0.5) is 0 Å². The summed E-state index contributed by atoms with van der Waals surface area (Å²) in [6, 6.07) is 0. The van der Waals surface area contributed by atoms with Gasteiger partial charge in [-0.2, -0.15) is 0 Å². The van der Waals surface area contributed by atoms with Crippen molar-refractivity contribution >= 4 is 5.97 Å². The molecule has 1 N–H and O–H groups in total. The molecule has 0 spiro atoms. The number of hydrogen-bond acceptors (Lipinski definition) is 2. The zero-order valence-electron chi connectivity index (χ0n) is 8.33. The molecule has 4 heteroatoms. The van der Waals surface area contributed by atoms with Crippen LogP contribution in [0.15, 0.2) is 6.20 Å². The Balaban J connectivity index is 3.21. The molecule has 0 saturated carbocycles. The lowest BCUT2D eigenvalue weighted by Gasteiger charge is -2.22. The molecule has 0 saturated heterocycles. The van der Waals surface area contributed by atoms with Crippen molar-refractivity contribution in [3.8, 4) is 0 Å². The van der Waals surface area contributed by atoms with Gasteiger partial charge in [0.2, 0.25) is 0 Å². The van der Waals surface area contributed by atoms with Crippen molar-refractivity contribution < 1.29 is 9.90 Å². The molecule has 0 atom stereocenters. The van der Waals surface area contributed by atoms with E-state index in [9.17, 15) is 4.79 Å². The monoisotopic (exact) mass is 182 g/mol. The summed E-state index contributed by atoms with van der Waals surface area (Å²) in [4.78, 5) is 15.1. The molecule has 1 aromatic rings. The van der Waals surface area contributed by atoms with Crippen molar-refractivity contribution in [2.75, 3.05) is 0 Å². The molecule has 1 rings (SSSR count). The molecule has 0 fully saturated rings. The third-order valence-corrected chi connectivity index (χ3v) is 2.13. The van der Waals surface area contributed by atoms with Gasteiger partial charge >= 0.3 is 5.97 Å². The summed E-state index contributed by atoms with van der Waals surface area (Å²) in [5, 5.41) is 8.98. The van der Waals surface area contributed by atoms with E-state index in [0.717, 1.165) is 11.5 Å². The van der Waals surface area contributed by atoms with Crippen molar-refractivity contribution in [2.24, 2.45) is 0 Å². The molecule has 13 heavy (non-hydrogen) atoms. The van der Waals surface area contributed by atoms with Crippen molar-refractivity contribution in [2.45, 2.75) is 33.2 Å². The molecule has 1 aromatic heterocycles. The van der Waals surface area contributed by atoms with E-state index in [1.54, 1.807) is 31.5 Å². The summed E-state index contributed by atoms with van der Waals surface area (Å²) < 4.78 is 1.67. The Kier molecular flexibility index (Phi) is 2.15. The predicted molar refractivity (Wildman–Crippen MR) is 48.7 cm³/mol. The normalized spacial score (nSPS) is 11.7. The van der Waals surface area contributed by atoms with E-state index in [0.29, 0.717) is 0 Å². The largest absolute Gasteiger partial charge is 0.480 e. The van der Waals surface area contributed by atoms with Crippen molar-refractivity contribution in [3.63, 3.8) is 0 Å². The number of imidazole rings is 1. The average Bonchev–Trinajstić information content (AvgIpc) is 2.30. The van der Waals surface area contributed by atoms with Gasteiger partial charge in [-0.1, -0.05) is 0 Å². The Morgan fingerprint density at radius 1 is 1.54 bits per heavy atom. The van der Waals surface area contributed by atoms with E-state index in [2.05, 4.69) is 4.98 Å². The molecule has 0 radical (unpaired) electrons. The topological polar surface area (TPSA) is 55.1 Å². The van der Waals surface area contributed by atoms with Crippen LogP contribution in [0.2, 0.25) is 0 Å². The molecule has 0 aliphatic heterocycles. The second-order valence-corrected chi connectivity index (χ2v) is 3.66. The molecule has 0 aromatic carbocycles. The number of carbonyl (C=O) groups is 1. The van der Waals surface area contributed by atoms with E-state index in [4.69, 9.17) is 5.11 Å². The third-order valence-electron chi connectivity index (χ3n) is 2.13. The fourth-order valence-electron chi connectivity index (χ4n) is 1.29. The molecule has 72 valence electrons. The number of hydrogen-bond donors (Lipinski definition) is 1. The molecular formula is C9H14N2O2. The van der Waals surface area contributed by atoms with Crippen LogP contribution in [0.3, 0.4) is 0 Å². The molecule has 0 bridgehead atoms. The van der Waals surface area contributed by atoms with E-state index in [1.807, 2.05) is 6.92 Å².